The van der Waals surface area contributed by atoms with Gasteiger partial charge in [0, 0.05) is 18.5 Å². The highest BCUT2D eigenvalue weighted by Gasteiger charge is 2.52. The molecule has 2 aliphatic heterocycles. The number of ketones is 1. The van der Waals surface area contributed by atoms with E-state index in [-0.39, 0.29) is 17.0 Å². The molecule has 136 valence electrons. The van der Waals surface area contributed by atoms with E-state index in [0.29, 0.717) is 12.1 Å². The Hall–Kier alpha value is -1.92. The van der Waals surface area contributed by atoms with E-state index in [1.54, 1.807) is 0 Å². The Kier molecular flexibility index (Phi) is 3.90. The minimum atomic E-state index is -0.404. The summed E-state index contributed by atoms with van der Waals surface area (Å²) in [6, 6.07) is 8.01. The third-order valence-electron chi connectivity index (χ3n) is 6.00. The predicted molar refractivity (Wildman–Crippen MR) is 102 cm³/mol. The fraction of sp³-hybridized carbons (Fsp3) is 0.500. The fourth-order valence-electron chi connectivity index (χ4n) is 3.62. The minimum Gasteiger partial charge on any atom is -0.399 e. The van der Waals surface area contributed by atoms with Gasteiger partial charge in [0.05, 0.1) is 16.9 Å². The highest BCUT2D eigenvalue weighted by Crippen LogP contribution is 2.37. The normalized spacial score (nSPS) is 21.1. The Morgan fingerprint density at radius 1 is 1.15 bits per heavy atom. The van der Waals surface area contributed by atoms with E-state index in [2.05, 4.69) is 39.7 Å². The highest BCUT2D eigenvalue weighted by atomic mass is 16.7. The fourth-order valence-corrected chi connectivity index (χ4v) is 3.62. The Bertz CT molecular complexity index is 869. The van der Waals surface area contributed by atoms with Crippen molar-refractivity contribution in [1.29, 1.82) is 0 Å². The van der Waals surface area contributed by atoms with Crippen molar-refractivity contribution in [2.75, 3.05) is 0 Å². The monoisotopic (exact) mass is 352 g/mol. The predicted octanol–water partition coefficient (Wildman–Crippen LogP) is 3.13. The van der Waals surface area contributed by atoms with Crippen molar-refractivity contribution in [2.24, 2.45) is 0 Å². The van der Waals surface area contributed by atoms with Gasteiger partial charge in [-0.25, -0.2) is 0 Å². The molecule has 5 nitrogen and oxygen atoms in total. The summed E-state index contributed by atoms with van der Waals surface area (Å²) in [5, 5.41) is 4.67. The summed E-state index contributed by atoms with van der Waals surface area (Å²) in [7, 11) is -0.404. The summed E-state index contributed by atoms with van der Waals surface area (Å²) in [4.78, 5) is 12.1. The minimum absolute atomic E-state index is 0.176. The maximum absolute atomic E-state index is 12.1. The van der Waals surface area contributed by atoms with Gasteiger partial charge in [-0.15, -0.1) is 0 Å². The standard InChI is InChI=1S/C20H25BN2O3/c1-13-14(16-12-17-18(24)10-7-11-23(17)22-16)8-6-9-15(13)21-25-19(2,3)20(4,5)26-21/h6,8-9,12H,7,10-11H2,1-5H3. The third kappa shape index (κ3) is 2.63. The van der Waals surface area contributed by atoms with Crippen molar-refractivity contribution < 1.29 is 14.1 Å². The van der Waals surface area contributed by atoms with Crippen LogP contribution >= 0.6 is 0 Å². The van der Waals surface area contributed by atoms with Crippen LogP contribution in [0.4, 0.5) is 0 Å². The lowest BCUT2D eigenvalue weighted by molar-refractivity contribution is 0.00578. The zero-order valence-electron chi connectivity index (χ0n) is 16.1. The zero-order valence-corrected chi connectivity index (χ0v) is 16.1. The number of fused-ring (bicyclic) bond motifs is 1. The van der Waals surface area contributed by atoms with Gasteiger partial charge in [0.2, 0.25) is 0 Å². The molecular formula is C20H25BN2O3. The number of hydrogen-bond donors (Lipinski definition) is 0. The van der Waals surface area contributed by atoms with Crippen LogP contribution in [0.15, 0.2) is 24.3 Å². The number of Topliss-reactive ketones (excluding diaryl/α,β-unsaturated/α-hetero) is 1. The van der Waals surface area contributed by atoms with Gasteiger partial charge in [0.1, 0.15) is 5.69 Å². The van der Waals surface area contributed by atoms with Crippen LogP contribution in [-0.4, -0.2) is 33.9 Å². The molecule has 0 bridgehead atoms. The third-order valence-corrected chi connectivity index (χ3v) is 6.00. The van der Waals surface area contributed by atoms with E-state index in [0.717, 1.165) is 35.2 Å². The van der Waals surface area contributed by atoms with Crippen LogP contribution in [0.5, 0.6) is 0 Å². The van der Waals surface area contributed by atoms with Crippen molar-refractivity contribution in [3.05, 3.63) is 35.5 Å². The lowest BCUT2D eigenvalue weighted by atomic mass is 9.75. The molecule has 6 heteroatoms. The Morgan fingerprint density at radius 2 is 1.85 bits per heavy atom. The van der Waals surface area contributed by atoms with Crippen LogP contribution in [0, 0.1) is 6.92 Å². The zero-order chi connectivity index (χ0) is 18.7. The van der Waals surface area contributed by atoms with E-state index in [9.17, 15) is 4.79 Å². The Morgan fingerprint density at radius 3 is 2.50 bits per heavy atom. The van der Waals surface area contributed by atoms with E-state index in [4.69, 9.17) is 9.31 Å². The van der Waals surface area contributed by atoms with Gasteiger partial charge < -0.3 is 9.31 Å². The SMILES string of the molecule is Cc1c(B2OC(C)(C)C(C)(C)O2)cccc1-c1cc2n(n1)CCCC2=O. The van der Waals surface area contributed by atoms with E-state index >= 15 is 0 Å². The summed E-state index contributed by atoms with van der Waals surface area (Å²) < 4.78 is 14.3. The first-order valence-corrected chi connectivity index (χ1v) is 9.26. The molecule has 0 aliphatic carbocycles. The molecule has 0 radical (unpaired) electrons. The molecule has 1 saturated heterocycles. The molecular weight excluding hydrogens is 327 g/mol. The quantitative estimate of drug-likeness (QED) is 0.780. The Balaban J connectivity index is 1.73. The summed E-state index contributed by atoms with van der Waals surface area (Å²) in [6.07, 6.45) is 1.47. The number of aryl methyl sites for hydroxylation is 1. The molecule has 1 aromatic carbocycles. The largest absolute Gasteiger partial charge is 0.495 e. The van der Waals surface area contributed by atoms with Crippen LogP contribution in [-0.2, 0) is 15.9 Å². The number of carbonyl (C=O) groups is 1. The second kappa shape index (κ2) is 5.79. The molecule has 0 spiro atoms. The molecule has 0 atom stereocenters. The summed E-state index contributed by atoms with van der Waals surface area (Å²) in [6.45, 7) is 11.1. The van der Waals surface area contributed by atoms with Gasteiger partial charge in [0.15, 0.2) is 5.78 Å². The first-order chi connectivity index (χ1) is 12.2. The van der Waals surface area contributed by atoms with Crippen LogP contribution < -0.4 is 5.46 Å². The number of rotatable bonds is 2. The summed E-state index contributed by atoms with van der Waals surface area (Å²) in [5.74, 6) is 0.176. The molecule has 1 aromatic heterocycles. The van der Waals surface area contributed by atoms with Gasteiger partial charge in [0.25, 0.3) is 0 Å². The first-order valence-electron chi connectivity index (χ1n) is 9.26. The van der Waals surface area contributed by atoms with Crippen LogP contribution in [0.1, 0.15) is 56.6 Å². The smallest absolute Gasteiger partial charge is 0.399 e. The highest BCUT2D eigenvalue weighted by molar-refractivity contribution is 6.62. The van der Waals surface area contributed by atoms with Gasteiger partial charge in [-0.1, -0.05) is 18.2 Å². The van der Waals surface area contributed by atoms with E-state index < -0.39 is 7.12 Å². The molecule has 0 saturated carbocycles. The molecule has 2 aliphatic rings. The molecule has 4 rings (SSSR count). The Labute approximate surface area is 154 Å². The number of aromatic nitrogens is 2. The molecule has 1 fully saturated rings. The number of nitrogens with zero attached hydrogens (tertiary/aromatic N) is 2. The molecule has 3 heterocycles. The first kappa shape index (κ1) is 17.5. The summed E-state index contributed by atoms with van der Waals surface area (Å²) >= 11 is 0. The average Bonchev–Trinajstić information content (AvgIpc) is 3.07. The number of benzene rings is 1. The number of carbonyl (C=O) groups excluding carboxylic acids is 1. The van der Waals surface area contributed by atoms with Crippen molar-refractivity contribution in [3.8, 4) is 11.3 Å². The van der Waals surface area contributed by atoms with Gasteiger partial charge >= 0.3 is 7.12 Å². The van der Waals surface area contributed by atoms with Crippen molar-refractivity contribution in [3.63, 3.8) is 0 Å². The molecule has 0 unspecified atom stereocenters. The van der Waals surface area contributed by atoms with Crippen LogP contribution in [0.25, 0.3) is 11.3 Å². The van der Waals surface area contributed by atoms with Crippen LogP contribution in [0.2, 0.25) is 0 Å². The number of hydrogen-bond acceptors (Lipinski definition) is 4. The maximum Gasteiger partial charge on any atom is 0.495 e. The van der Waals surface area contributed by atoms with Crippen LogP contribution in [0.3, 0.4) is 0 Å². The topological polar surface area (TPSA) is 53.4 Å². The van der Waals surface area contributed by atoms with Gasteiger partial charge in [-0.05, 0) is 58.1 Å². The second-order valence-corrected chi connectivity index (χ2v) is 8.27. The molecule has 0 N–H and O–H groups in total. The lowest BCUT2D eigenvalue weighted by Crippen LogP contribution is -2.41. The van der Waals surface area contributed by atoms with Crippen molar-refractivity contribution in [1.82, 2.24) is 9.78 Å². The van der Waals surface area contributed by atoms with E-state index in [1.807, 2.05) is 28.9 Å². The van der Waals surface area contributed by atoms with Crippen molar-refractivity contribution in [2.45, 2.75) is 65.2 Å². The molecule has 26 heavy (non-hydrogen) atoms. The second-order valence-electron chi connectivity index (χ2n) is 8.27. The van der Waals surface area contributed by atoms with Gasteiger partial charge in [-0.2, -0.15) is 5.10 Å². The maximum atomic E-state index is 12.1. The van der Waals surface area contributed by atoms with E-state index in [1.165, 1.54) is 0 Å². The average molecular weight is 352 g/mol. The molecule has 0 amide bonds. The lowest BCUT2D eigenvalue weighted by Gasteiger charge is -2.32. The van der Waals surface area contributed by atoms with Crippen molar-refractivity contribution >= 4 is 18.4 Å². The summed E-state index contributed by atoms with van der Waals surface area (Å²) in [5.41, 5.74) is 3.91. The van der Waals surface area contributed by atoms with Gasteiger partial charge in [-0.3, -0.25) is 9.48 Å². The molecule has 2 aromatic rings.